The molecule has 1 aromatic heterocycles. The monoisotopic (exact) mass is 615 g/mol. The third-order valence-corrected chi connectivity index (χ3v) is 9.92. The molecule has 4 aromatic rings. The fraction of sp³-hybridized carbons (Fsp3) is 0.194. The molecule has 3 amide bonds. The molecule has 2 aliphatic rings. The lowest BCUT2D eigenvalue weighted by atomic mass is 9.82. The zero-order valence-electron chi connectivity index (χ0n) is 22.8. The lowest BCUT2D eigenvalue weighted by Gasteiger charge is -2.31. The van der Waals surface area contributed by atoms with E-state index in [9.17, 15) is 29.1 Å². The van der Waals surface area contributed by atoms with Crippen LogP contribution < -0.4 is 15.1 Å². The third-order valence-electron chi connectivity index (χ3n) is 7.32. The Bertz CT molecular complexity index is 1800. The number of phenols is 1. The highest BCUT2D eigenvalue weighted by Gasteiger charge is 2.57. The molecule has 0 aliphatic carbocycles. The summed E-state index contributed by atoms with van der Waals surface area (Å²) in [4.78, 5) is 67.4. The minimum atomic E-state index is -0.924. The van der Waals surface area contributed by atoms with Crippen molar-refractivity contribution in [1.82, 2.24) is 4.57 Å². The van der Waals surface area contributed by atoms with Crippen LogP contribution >= 0.6 is 23.1 Å². The van der Waals surface area contributed by atoms with Gasteiger partial charge < -0.3 is 15.2 Å². The number of imide groups is 1. The van der Waals surface area contributed by atoms with Gasteiger partial charge in [-0.1, -0.05) is 59.5 Å². The highest BCUT2D eigenvalue weighted by molar-refractivity contribution is 8.00. The number of benzene rings is 3. The molecule has 3 heterocycles. The summed E-state index contributed by atoms with van der Waals surface area (Å²) in [6.45, 7) is 1.61. The Labute approximate surface area is 253 Å². The maximum absolute atomic E-state index is 14.0. The van der Waals surface area contributed by atoms with Crippen molar-refractivity contribution in [1.29, 1.82) is 0 Å². The van der Waals surface area contributed by atoms with E-state index < -0.39 is 45.6 Å². The first-order valence-corrected chi connectivity index (χ1v) is 15.2. The quantitative estimate of drug-likeness (QED) is 0.233. The number of aromatic nitrogens is 1. The number of carbonyl (C=O) groups excluding carboxylic acids is 4. The summed E-state index contributed by atoms with van der Waals surface area (Å²) in [5, 5.41) is 13.1. The topological polar surface area (TPSA) is 135 Å². The van der Waals surface area contributed by atoms with E-state index in [0.29, 0.717) is 21.2 Å². The van der Waals surface area contributed by atoms with Gasteiger partial charge in [-0.3, -0.25) is 23.7 Å². The van der Waals surface area contributed by atoms with Crippen molar-refractivity contribution in [3.63, 3.8) is 0 Å². The fourth-order valence-electron chi connectivity index (χ4n) is 5.42. The second-order valence-corrected chi connectivity index (χ2v) is 12.0. The number of thioether (sulfide) groups is 1. The number of ether oxygens (including phenoxy) is 1. The summed E-state index contributed by atoms with van der Waals surface area (Å²) in [5.41, 5.74) is 1.55. The molecule has 3 aromatic carbocycles. The number of para-hydroxylation sites is 2. The zero-order valence-corrected chi connectivity index (χ0v) is 24.4. The molecule has 3 atom stereocenters. The number of amides is 3. The Morgan fingerprint density at radius 2 is 1.63 bits per heavy atom. The number of nitrogens with one attached hydrogen (secondary N) is 1. The molecule has 1 fully saturated rings. The highest BCUT2D eigenvalue weighted by atomic mass is 32.2. The highest BCUT2D eigenvalue weighted by Crippen LogP contribution is 2.55. The molecule has 10 nitrogen and oxygen atoms in total. The second-order valence-electron chi connectivity index (χ2n) is 9.92. The molecule has 2 aliphatic heterocycles. The van der Waals surface area contributed by atoms with Gasteiger partial charge in [0.15, 0.2) is 0 Å². The standard InChI is InChI=1S/C31H25N3O7S2/c1-2-41-30(39)17-12-14-19(15-13-17)34-27(37)24-23(20-10-6-7-11-21(20)35)26-29(42-25(24)28(34)38)33(31(40)43-26)16-22(36)32-18-8-4-3-5-9-18/h3-15,23-25,35H,2,16H2,1H3,(H,32,36)/t23-,24+,25-/m0/s1. The minimum Gasteiger partial charge on any atom is -0.508 e. The van der Waals surface area contributed by atoms with Crippen LogP contribution in [0.3, 0.4) is 0 Å². The molecule has 43 heavy (non-hydrogen) atoms. The summed E-state index contributed by atoms with van der Waals surface area (Å²) >= 11 is 1.98. The van der Waals surface area contributed by atoms with Gasteiger partial charge in [0.1, 0.15) is 17.5 Å². The molecule has 12 heteroatoms. The van der Waals surface area contributed by atoms with E-state index in [2.05, 4.69) is 5.32 Å². The summed E-state index contributed by atoms with van der Waals surface area (Å²) in [6.07, 6.45) is 0. The number of thiazole rings is 1. The van der Waals surface area contributed by atoms with Crippen LogP contribution in [0.2, 0.25) is 0 Å². The predicted octanol–water partition coefficient (Wildman–Crippen LogP) is 4.23. The molecule has 218 valence electrons. The largest absolute Gasteiger partial charge is 0.508 e. The van der Waals surface area contributed by atoms with E-state index in [0.717, 1.165) is 28.0 Å². The van der Waals surface area contributed by atoms with Crippen LogP contribution in [0.1, 0.15) is 33.6 Å². The lowest BCUT2D eigenvalue weighted by Crippen LogP contribution is -2.33. The van der Waals surface area contributed by atoms with Gasteiger partial charge >= 0.3 is 10.8 Å². The predicted molar refractivity (Wildman–Crippen MR) is 162 cm³/mol. The van der Waals surface area contributed by atoms with Crippen LogP contribution in [0.25, 0.3) is 0 Å². The van der Waals surface area contributed by atoms with E-state index in [1.54, 1.807) is 49.4 Å². The van der Waals surface area contributed by atoms with Gasteiger partial charge in [-0.2, -0.15) is 0 Å². The molecule has 0 bridgehead atoms. The average molecular weight is 616 g/mol. The number of aromatic hydroxyl groups is 1. The summed E-state index contributed by atoms with van der Waals surface area (Å²) in [5.74, 6) is -3.72. The van der Waals surface area contributed by atoms with Gasteiger partial charge in [-0.15, -0.1) is 0 Å². The first-order valence-electron chi connectivity index (χ1n) is 13.5. The number of rotatable bonds is 7. The molecule has 1 saturated heterocycles. The number of fused-ring (bicyclic) bond motifs is 2. The van der Waals surface area contributed by atoms with E-state index in [-0.39, 0.29) is 30.2 Å². The van der Waals surface area contributed by atoms with Gasteiger partial charge in [-0.25, -0.2) is 9.69 Å². The van der Waals surface area contributed by atoms with Crippen LogP contribution in [0.5, 0.6) is 5.75 Å². The van der Waals surface area contributed by atoms with Crippen molar-refractivity contribution in [2.75, 3.05) is 16.8 Å². The molecule has 0 unspecified atom stereocenters. The number of phenolic OH excluding ortho intramolecular Hbond substituents is 1. The van der Waals surface area contributed by atoms with Gasteiger partial charge in [0, 0.05) is 22.0 Å². The Morgan fingerprint density at radius 3 is 2.33 bits per heavy atom. The zero-order chi connectivity index (χ0) is 30.2. The molecular weight excluding hydrogens is 590 g/mol. The minimum absolute atomic E-state index is 0.0733. The van der Waals surface area contributed by atoms with Crippen molar-refractivity contribution in [2.24, 2.45) is 5.92 Å². The lowest BCUT2D eigenvalue weighted by molar-refractivity contribution is -0.122. The summed E-state index contributed by atoms with van der Waals surface area (Å²) in [6, 6.07) is 21.4. The van der Waals surface area contributed by atoms with Gasteiger partial charge in [0.25, 0.3) is 0 Å². The van der Waals surface area contributed by atoms with Gasteiger partial charge in [0.2, 0.25) is 17.7 Å². The third kappa shape index (κ3) is 5.12. The first-order chi connectivity index (χ1) is 20.8. The summed E-state index contributed by atoms with van der Waals surface area (Å²) in [7, 11) is 0. The van der Waals surface area contributed by atoms with Crippen LogP contribution in [-0.2, 0) is 25.7 Å². The van der Waals surface area contributed by atoms with Gasteiger partial charge in [0.05, 0.1) is 28.8 Å². The van der Waals surface area contributed by atoms with Gasteiger partial charge in [-0.05, 0) is 49.4 Å². The smallest absolute Gasteiger partial charge is 0.338 e. The normalized spacial score (nSPS) is 19.1. The number of carbonyl (C=O) groups is 4. The van der Waals surface area contributed by atoms with Crippen LogP contribution in [0, 0.1) is 5.92 Å². The first kappa shape index (κ1) is 28.4. The maximum Gasteiger partial charge on any atom is 0.338 e. The van der Waals surface area contributed by atoms with Crippen molar-refractivity contribution in [3.05, 3.63) is 105 Å². The Kier molecular flexibility index (Phi) is 7.63. The SMILES string of the molecule is CCOC(=O)c1ccc(N2C(=O)[C@@H]3[C@H](c4ccccc4O)c4sc(=O)n(CC(=O)Nc5ccccc5)c4S[C@@H]3C2=O)cc1. The number of nitrogens with zero attached hydrogens (tertiary/aromatic N) is 2. The molecule has 0 radical (unpaired) electrons. The Hall–Kier alpha value is -4.68. The Morgan fingerprint density at radius 1 is 0.930 bits per heavy atom. The molecule has 0 saturated carbocycles. The van der Waals surface area contributed by atoms with Crippen molar-refractivity contribution < 1.29 is 29.0 Å². The van der Waals surface area contributed by atoms with E-state index in [4.69, 9.17) is 4.74 Å². The Balaban J connectivity index is 1.39. The average Bonchev–Trinajstić information content (AvgIpc) is 3.44. The number of hydrogen-bond donors (Lipinski definition) is 2. The van der Waals surface area contributed by atoms with Crippen LogP contribution in [-0.4, -0.2) is 45.2 Å². The molecule has 6 rings (SSSR count). The van der Waals surface area contributed by atoms with Crippen molar-refractivity contribution in [2.45, 2.75) is 29.7 Å². The van der Waals surface area contributed by atoms with Crippen molar-refractivity contribution in [3.8, 4) is 5.75 Å². The van der Waals surface area contributed by atoms with E-state index in [1.165, 1.54) is 34.9 Å². The second kappa shape index (κ2) is 11.5. The molecule has 2 N–H and O–H groups in total. The molecule has 0 spiro atoms. The number of hydrogen-bond acceptors (Lipinski definition) is 9. The van der Waals surface area contributed by atoms with E-state index in [1.807, 2.05) is 6.07 Å². The number of anilines is 2. The fourth-order valence-corrected chi connectivity index (χ4v) is 8.19. The van der Waals surface area contributed by atoms with E-state index >= 15 is 0 Å². The molecular formula is C31H25N3O7S2. The van der Waals surface area contributed by atoms with Crippen LogP contribution in [0.15, 0.2) is 88.7 Å². The van der Waals surface area contributed by atoms with Crippen LogP contribution in [0.4, 0.5) is 11.4 Å². The number of esters is 1. The maximum atomic E-state index is 14.0. The summed E-state index contributed by atoms with van der Waals surface area (Å²) < 4.78 is 6.35. The van der Waals surface area contributed by atoms with Crippen molar-refractivity contribution >= 4 is 58.2 Å².